The number of hydrogen-bond donors (Lipinski definition) is 2. The molecule has 2 atom stereocenters. The van der Waals surface area contributed by atoms with Crippen LogP contribution in [0.4, 0.5) is 0 Å². The number of carboxylic acids is 1. The molecule has 1 aromatic carbocycles. The van der Waals surface area contributed by atoms with Crippen molar-refractivity contribution in [3.8, 4) is 0 Å². The first kappa shape index (κ1) is 17.5. The summed E-state index contributed by atoms with van der Waals surface area (Å²) < 4.78 is 5.30. The minimum absolute atomic E-state index is 0.0908. The highest BCUT2D eigenvalue weighted by Crippen LogP contribution is 2.28. The highest BCUT2D eigenvalue weighted by Gasteiger charge is 2.38. The van der Waals surface area contributed by atoms with Crippen LogP contribution in [0, 0.1) is 5.92 Å². The number of carbonyl (C=O) groups is 2. The third-order valence-corrected chi connectivity index (χ3v) is 4.73. The number of carbonyl (C=O) groups excluding carboxylic acids is 1. The zero-order chi connectivity index (χ0) is 16.7. The summed E-state index contributed by atoms with van der Waals surface area (Å²) in [6.45, 7) is 3.45. The van der Waals surface area contributed by atoms with E-state index in [9.17, 15) is 14.7 Å². The van der Waals surface area contributed by atoms with E-state index in [0.717, 1.165) is 31.6 Å². The fourth-order valence-electron chi connectivity index (χ4n) is 3.02. The van der Waals surface area contributed by atoms with Gasteiger partial charge in [0, 0.05) is 26.2 Å². The number of ether oxygens (including phenoxy) is 1. The molecular formula is C18H25NO4. The maximum atomic E-state index is 12.1. The van der Waals surface area contributed by atoms with E-state index in [2.05, 4.69) is 5.32 Å². The van der Waals surface area contributed by atoms with Gasteiger partial charge in [0.15, 0.2) is 0 Å². The van der Waals surface area contributed by atoms with Crippen LogP contribution in [0.15, 0.2) is 30.3 Å². The van der Waals surface area contributed by atoms with Crippen LogP contribution in [0.3, 0.4) is 0 Å². The molecule has 126 valence electrons. The maximum absolute atomic E-state index is 12.1. The van der Waals surface area contributed by atoms with Crippen LogP contribution in [-0.2, 0) is 19.7 Å². The summed E-state index contributed by atoms with van der Waals surface area (Å²) in [7, 11) is 0. The van der Waals surface area contributed by atoms with Gasteiger partial charge in [0.1, 0.15) is 5.41 Å². The second-order valence-corrected chi connectivity index (χ2v) is 6.15. The molecule has 0 spiro atoms. The third kappa shape index (κ3) is 4.32. The largest absolute Gasteiger partial charge is 0.481 e. The van der Waals surface area contributed by atoms with E-state index in [-0.39, 0.29) is 12.5 Å². The van der Waals surface area contributed by atoms with Crippen LogP contribution in [0.1, 0.15) is 38.2 Å². The molecule has 1 saturated heterocycles. The number of nitrogens with one attached hydrogen (secondary N) is 1. The molecule has 1 aromatic rings. The topological polar surface area (TPSA) is 75.6 Å². The van der Waals surface area contributed by atoms with Crippen LogP contribution >= 0.6 is 0 Å². The van der Waals surface area contributed by atoms with E-state index in [0.29, 0.717) is 18.8 Å². The van der Waals surface area contributed by atoms with Crippen molar-refractivity contribution in [1.29, 1.82) is 0 Å². The summed E-state index contributed by atoms with van der Waals surface area (Å²) in [6.07, 6.45) is 2.64. The zero-order valence-corrected chi connectivity index (χ0v) is 13.6. The average molecular weight is 319 g/mol. The van der Waals surface area contributed by atoms with Crippen molar-refractivity contribution in [3.63, 3.8) is 0 Å². The molecule has 0 aromatic heterocycles. The van der Waals surface area contributed by atoms with Gasteiger partial charge in [-0.1, -0.05) is 37.3 Å². The maximum Gasteiger partial charge on any atom is 0.315 e. The predicted octanol–water partition coefficient (Wildman–Crippen LogP) is 2.35. The molecule has 0 saturated carbocycles. The molecular weight excluding hydrogens is 294 g/mol. The van der Waals surface area contributed by atoms with Crippen LogP contribution in [0.2, 0.25) is 0 Å². The van der Waals surface area contributed by atoms with Gasteiger partial charge in [-0.05, 0) is 30.7 Å². The molecule has 5 heteroatoms. The summed E-state index contributed by atoms with van der Waals surface area (Å²) >= 11 is 0. The van der Waals surface area contributed by atoms with E-state index < -0.39 is 11.4 Å². The van der Waals surface area contributed by atoms with E-state index in [1.54, 1.807) is 12.1 Å². The molecule has 1 aliphatic heterocycles. The van der Waals surface area contributed by atoms with Crippen LogP contribution < -0.4 is 5.32 Å². The molecule has 2 rings (SSSR count). The van der Waals surface area contributed by atoms with Gasteiger partial charge in [0.25, 0.3) is 0 Å². The second-order valence-electron chi connectivity index (χ2n) is 6.15. The first-order valence-electron chi connectivity index (χ1n) is 8.22. The number of aliphatic carboxylic acids is 1. The average Bonchev–Trinajstić information content (AvgIpc) is 3.08. The van der Waals surface area contributed by atoms with Crippen LogP contribution in [0.25, 0.3) is 0 Å². The Kier molecular flexibility index (Phi) is 6.16. The molecule has 1 heterocycles. The standard InChI is InChI=1S/C18H25NO4/c1-2-18(17(21)22,15-6-4-3-5-7-15)13-19-16(20)9-8-14-10-11-23-12-14/h3-7,14H,2,8-13H2,1H3,(H,19,20)(H,21,22). The molecule has 0 aliphatic carbocycles. The Balaban J connectivity index is 1.95. The smallest absolute Gasteiger partial charge is 0.315 e. The summed E-state index contributed by atoms with van der Waals surface area (Å²) in [4.78, 5) is 23.9. The zero-order valence-electron chi connectivity index (χ0n) is 13.6. The molecule has 1 amide bonds. The Morgan fingerprint density at radius 3 is 2.65 bits per heavy atom. The lowest BCUT2D eigenvalue weighted by atomic mass is 9.78. The van der Waals surface area contributed by atoms with Gasteiger partial charge < -0.3 is 15.2 Å². The molecule has 0 radical (unpaired) electrons. The van der Waals surface area contributed by atoms with Crippen LogP contribution in [-0.4, -0.2) is 36.7 Å². The second kappa shape index (κ2) is 8.11. The summed E-state index contributed by atoms with van der Waals surface area (Å²) in [6, 6.07) is 9.11. The van der Waals surface area contributed by atoms with Crippen LogP contribution in [0.5, 0.6) is 0 Å². The Morgan fingerprint density at radius 1 is 1.35 bits per heavy atom. The van der Waals surface area contributed by atoms with Gasteiger partial charge in [-0.2, -0.15) is 0 Å². The number of hydrogen-bond acceptors (Lipinski definition) is 3. The highest BCUT2D eigenvalue weighted by molar-refractivity contribution is 5.83. The molecule has 1 fully saturated rings. The number of rotatable bonds is 8. The van der Waals surface area contributed by atoms with E-state index in [4.69, 9.17) is 4.74 Å². The molecule has 0 bridgehead atoms. The Morgan fingerprint density at radius 2 is 2.09 bits per heavy atom. The monoisotopic (exact) mass is 319 g/mol. The lowest BCUT2D eigenvalue weighted by Crippen LogP contribution is -2.46. The van der Waals surface area contributed by atoms with Crippen molar-refractivity contribution in [2.75, 3.05) is 19.8 Å². The molecule has 2 N–H and O–H groups in total. The van der Waals surface area contributed by atoms with Gasteiger partial charge in [0.2, 0.25) is 5.91 Å². The Bertz CT molecular complexity index is 525. The predicted molar refractivity (Wildman–Crippen MR) is 87.2 cm³/mol. The van der Waals surface area contributed by atoms with Crippen molar-refractivity contribution in [2.24, 2.45) is 5.92 Å². The first-order valence-corrected chi connectivity index (χ1v) is 8.22. The highest BCUT2D eigenvalue weighted by atomic mass is 16.5. The number of amides is 1. The van der Waals surface area contributed by atoms with Crippen molar-refractivity contribution in [3.05, 3.63) is 35.9 Å². The Hall–Kier alpha value is -1.88. The van der Waals surface area contributed by atoms with Gasteiger partial charge in [-0.3, -0.25) is 9.59 Å². The minimum atomic E-state index is -1.08. The normalized spacial score (nSPS) is 20.0. The molecule has 2 unspecified atom stereocenters. The summed E-state index contributed by atoms with van der Waals surface area (Å²) in [5, 5.41) is 12.5. The van der Waals surface area contributed by atoms with E-state index >= 15 is 0 Å². The fraction of sp³-hybridized carbons (Fsp3) is 0.556. The molecule has 5 nitrogen and oxygen atoms in total. The van der Waals surface area contributed by atoms with Gasteiger partial charge in [-0.25, -0.2) is 0 Å². The van der Waals surface area contributed by atoms with Gasteiger partial charge in [-0.15, -0.1) is 0 Å². The Labute approximate surface area is 137 Å². The van der Waals surface area contributed by atoms with Crippen molar-refractivity contribution in [2.45, 2.75) is 38.0 Å². The number of carboxylic acid groups (broad SMARTS) is 1. The fourth-order valence-corrected chi connectivity index (χ4v) is 3.02. The SMILES string of the molecule is CCC(CNC(=O)CCC1CCOC1)(C(=O)O)c1ccccc1. The number of benzene rings is 1. The van der Waals surface area contributed by atoms with Crippen molar-refractivity contribution < 1.29 is 19.4 Å². The summed E-state index contributed by atoms with van der Waals surface area (Å²) in [5.41, 5.74) is -0.354. The van der Waals surface area contributed by atoms with Crippen molar-refractivity contribution in [1.82, 2.24) is 5.32 Å². The minimum Gasteiger partial charge on any atom is -0.481 e. The molecule has 23 heavy (non-hydrogen) atoms. The van der Waals surface area contributed by atoms with Gasteiger partial charge >= 0.3 is 5.97 Å². The molecule has 1 aliphatic rings. The van der Waals surface area contributed by atoms with E-state index in [1.165, 1.54) is 0 Å². The lowest BCUT2D eigenvalue weighted by molar-refractivity contribution is -0.144. The first-order chi connectivity index (χ1) is 11.1. The summed E-state index contributed by atoms with van der Waals surface area (Å²) in [5.74, 6) is -0.548. The van der Waals surface area contributed by atoms with Gasteiger partial charge in [0.05, 0.1) is 0 Å². The third-order valence-electron chi connectivity index (χ3n) is 4.73. The quantitative estimate of drug-likeness (QED) is 0.771. The van der Waals surface area contributed by atoms with Crippen molar-refractivity contribution >= 4 is 11.9 Å². The lowest BCUT2D eigenvalue weighted by Gasteiger charge is -2.29. The van der Waals surface area contributed by atoms with E-state index in [1.807, 2.05) is 25.1 Å².